The lowest BCUT2D eigenvalue weighted by Gasteiger charge is -2.61. The fraction of sp³-hybridized carbons (Fsp3) is 1.00. The molecule has 0 spiro atoms. The van der Waals surface area contributed by atoms with Gasteiger partial charge in [0.25, 0.3) is 0 Å². The molecule has 0 aromatic rings. The van der Waals surface area contributed by atoms with Crippen LogP contribution < -0.4 is 5.73 Å². The van der Waals surface area contributed by atoms with E-state index in [1.807, 2.05) is 0 Å². The number of hydrogen-bond acceptors (Lipinski definition) is 2. The van der Waals surface area contributed by atoms with E-state index in [1.165, 1.54) is 44.9 Å². The molecule has 1 unspecified atom stereocenters. The van der Waals surface area contributed by atoms with Crippen molar-refractivity contribution in [3.05, 3.63) is 0 Å². The first-order valence-corrected chi connectivity index (χ1v) is 9.87. The molecule has 0 amide bonds. The van der Waals surface area contributed by atoms with Crippen LogP contribution in [0.3, 0.4) is 0 Å². The zero-order chi connectivity index (χ0) is 15.5. The highest BCUT2D eigenvalue weighted by molar-refractivity contribution is 5.09. The van der Waals surface area contributed by atoms with E-state index >= 15 is 0 Å². The fourth-order valence-corrected chi connectivity index (χ4v) is 7.73. The average molecular weight is 306 g/mol. The molecule has 0 radical (unpaired) electrons. The first-order valence-electron chi connectivity index (χ1n) is 9.87. The second kappa shape index (κ2) is 5.21. The molecule has 0 bridgehead atoms. The predicted molar refractivity (Wildman–Crippen MR) is 90.3 cm³/mol. The van der Waals surface area contributed by atoms with Crippen molar-refractivity contribution in [2.75, 3.05) is 6.54 Å². The maximum atomic E-state index is 10.1. The molecule has 2 heteroatoms. The zero-order valence-electron chi connectivity index (χ0n) is 14.6. The second-order valence-electron chi connectivity index (χ2n) is 9.64. The summed E-state index contributed by atoms with van der Waals surface area (Å²) in [6.45, 7) is 6.05. The van der Waals surface area contributed by atoms with Gasteiger partial charge in [-0.05, 0) is 105 Å². The van der Waals surface area contributed by atoms with Gasteiger partial charge in [-0.25, -0.2) is 0 Å². The van der Waals surface area contributed by atoms with Crippen molar-refractivity contribution in [3.8, 4) is 0 Å². The van der Waals surface area contributed by atoms with Gasteiger partial charge in [0.1, 0.15) is 0 Å². The van der Waals surface area contributed by atoms with Crippen LogP contribution in [0.2, 0.25) is 0 Å². The Bertz CT molecular complexity index is 437. The molecule has 0 aromatic carbocycles. The maximum Gasteiger partial charge on any atom is 0.0543 e. The van der Waals surface area contributed by atoms with E-state index in [0.29, 0.717) is 10.8 Å². The molecule has 8 atom stereocenters. The highest BCUT2D eigenvalue weighted by atomic mass is 16.3. The summed E-state index contributed by atoms with van der Waals surface area (Å²) in [4.78, 5) is 0. The molecule has 4 fully saturated rings. The van der Waals surface area contributed by atoms with Gasteiger partial charge >= 0.3 is 0 Å². The molecule has 4 aliphatic rings. The van der Waals surface area contributed by atoms with E-state index < -0.39 is 0 Å². The van der Waals surface area contributed by atoms with Crippen molar-refractivity contribution in [3.63, 3.8) is 0 Å². The first kappa shape index (κ1) is 15.4. The summed E-state index contributed by atoms with van der Waals surface area (Å²) in [5.74, 6) is 4.37. The van der Waals surface area contributed by atoms with Crippen LogP contribution in [0, 0.1) is 40.4 Å². The van der Waals surface area contributed by atoms with Gasteiger partial charge in [-0.15, -0.1) is 0 Å². The summed E-state index contributed by atoms with van der Waals surface area (Å²) in [6, 6.07) is 0. The number of nitrogens with two attached hydrogens (primary N) is 1. The van der Waals surface area contributed by atoms with Gasteiger partial charge in [0.2, 0.25) is 0 Å². The summed E-state index contributed by atoms with van der Waals surface area (Å²) in [5, 5.41) is 10.1. The van der Waals surface area contributed by atoms with Crippen molar-refractivity contribution in [2.45, 2.75) is 77.7 Å². The molecule has 4 rings (SSSR count). The molecule has 0 aliphatic heterocycles. The summed E-state index contributed by atoms with van der Waals surface area (Å²) in [7, 11) is 0. The Morgan fingerprint density at radius 3 is 2.41 bits per heavy atom. The minimum absolute atomic E-state index is 0.0171. The largest absolute Gasteiger partial charge is 0.393 e. The number of hydrogen-bond donors (Lipinski definition) is 2. The SMILES string of the molecule is C[C@]12CC[C@H](O)C[C@@H]1CC[C@@H]1[C@@H]2CC[C@]2(C)C(CN)CC[C@@H]12. The smallest absolute Gasteiger partial charge is 0.0543 e. The van der Waals surface area contributed by atoms with Crippen LogP contribution >= 0.6 is 0 Å². The van der Waals surface area contributed by atoms with Crippen LogP contribution in [-0.4, -0.2) is 17.8 Å². The molecular formula is C20H35NO. The second-order valence-corrected chi connectivity index (χ2v) is 9.64. The molecule has 0 aromatic heterocycles. The van der Waals surface area contributed by atoms with E-state index in [2.05, 4.69) is 13.8 Å². The van der Waals surface area contributed by atoms with E-state index in [-0.39, 0.29) is 6.10 Å². The van der Waals surface area contributed by atoms with Crippen molar-refractivity contribution in [2.24, 2.45) is 46.2 Å². The zero-order valence-corrected chi connectivity index (χ0v) is 14.6. The standard InChI is InChI=1S/C20H35NO/c1-19-9-7-15(22)11-13(19)3-5-16-17-6-4-14(12-21)20(17,2)10-8-18(16)19/h13-18,22H,3-12,21H2,1-2H3/t13-,14?,15-,16-,17-,18-,19-,20+/m0/s1. The fourth-order valence-electron chi connectivity index (χ4n) is 7.73. The topological polar surface area (TPSA) is 46.2 Å². The first-order chi connectivity index (χ1) is 10.5. The van der Waals surface area contributed by atoms with Crippen LogP contribution in [0.4, 0.5) is 0 Å². The van der Waals surface area contributed by atoms with Crippen LogP contribution in [0.5, 0.6) is 0 Å². The predicted octanol–water partition coefficient (Wildman–Crippen LogP) is 3.96. The molecule has 3 N–H and O–H groups in total. The van der Waals surface area contributed by atoms with Crippen molar-refractivity contribution in [1.29, 1.82) is 0 Å². The van der Waals surface area contributed by atoms with Crippen LogP contribution in [-0.2, 0) is 0 Å². The molecule has 0 heterocycles. The van der Waals surface area contributed by atoms with Gasteiger partial charge in [0, 0.05) is 0 Å². The number of fused-ring (bicyclic) bond motifs is 5. The average Bonchev–Trinajstić information content (AvgIpc) is 2.84. The minimum atomic E-state index is -0.0171. The Hall–Kier alpha value is -0.0800. The van der Waals surface area contributed by atoms with Gasteiger partial charge in [-0.1, -0.05) is 13.8 Å². The quantitative estimate of drug-likeness (QED) is 0.770. The van der Waals surface area contributed by atoms with Gasteiger partial charge in [0.05, 0.1) is 6.10 Å². The number of aliphatic hydroxyl groups is 1. The molecule has 4 aliphatic carbocycles. The van der Waals surface area contributed by atoms with E-state index in [1.54, 1.807) is 0 Å². The van der Waals surface area contributed by atoms with Crippen LogP contribution in [0.1, 0.15) is 71.6 Å². The Balaban J connectivity index is 1.61. The molecule has 2 nitrogen and oxygen atoms in total. The minimum Gasteiger partial charge on any atom is -0.393 e. The van der Waals surface area contributed by atoms with Crippen LogP contribution in [0.25, 0.3) is 0 Å². The number of aliphatic hydroxyl groups excluding tert-OH is 1. The Labute approximate surface area is 136 Å². The van der Waals surface area contributed by atoms with Crippen molar-refractivity contribution >= 4 is 0 Å². The lowest BCUT2D eigenvalue weighted by molar-refractivity contribution is -0.126. The van der Waals surface area contributed by atoms with Gasteiger partial charge < -0.3 is 10.8 Å². The van der Waals surface area contributed by atoms with E-state index in [9.17, 15) is 5.11 Å². The molecule has 4 saturated carbocycles. The summed E-state index contributed by atoms with van der Waals surface area (Å²) < 4.78 is 0. The third-order valence-corrected chi connectivity index (χ3v) is 9.12. The van der Waals surface area contributed by atoms with Gasteiger partial charge in [-0.2, -0.15) is 0 Å². The summed E-state index contributed by atoms with van der Waals surface area (Å²) in [5.41, 5.74) is 7.17. The lowest BCUT2D eigenvalue weighted by atomic mass is 9.44. The third-order valence-electron chi connectivity index (χ3n) is 9.12. The van der Waals surface area contributed by atoms with E-state index in [4.69, 9.17) is 5.73 Å². The molecule has 126 valence electrons. The molecule has 22 heavy (non-hydrogen) atoms. The highest BCUT2D eigenvalue weighted by Crippen LogP contribution is 2.67. The highest BCUT2D eigenvalue weighted by Gasteiger charge is 2.59. The summed E-state index contributed by atoms with van der Waals surface area (Å²) in [6.07, 6.45) is 11.8. The lowest BCUT2D eigenvalue weighted by Crippen LogP contribution is -2.54. The Morgan fingerprint density at radius 1 is 0.909 bits per heavy atom. The van der Waals surface area contributed by atoms with Crippen molar-refractivity contribution in [1.82, 2.24) is 0 Å². The van der Waals surface area contributed by atoms with Gasteiger partial charge in [0.15, 0.2) is 0 Å². The van der Waals surface area contributed by atoms with Crippen LogP contribution in [0.15, 0.2) is 0 Å². The number of rotatable bonds is 1. The van der Waals surface area contributed by atoms with E-state index in [0.717, 1.165) is 49.0 Å². The normalized spacial score (nSPS) is 57.8. The third kappa shape index (κ3) is 1.99. The Morgan fingerprint density at radius 2 is 1.64 bits per heavy atom. The van der Waals surface area contributed by atoms with Crippen molar-refractivity contribution < 1.29 is 5.11 Å². The molecule has 0 saturated heterocycles. The molecular weight excluding hydrogens is 270 g/mol. The Kier molecular flexibility index (Phi) is 3.66. The monoisotopic (exact) mass is 305 g/mol. The summed E-state index contributed by atoms with van der Waals surface area (Å²) >= 11 is 0. The maximum absolute atomic E-state index is 10.1. The van der Waals surface area contributed by atoms with Gasteiger partial charge in [-0.3, -0.25) is 0 Å².